The smallest absolute Gasteiger partial charge is 0.119 e. The quantitative estimate of drug-likeness (QED) is 0.763. The average Bonchev–Trinajstić information content (AvgIpc) is 2.86. The van der Waals surface area contributed by atoms with E-state index in [9.17, 15) is 9.90 Å². The molecule has 0 aliphatic carbocycles. The van der Waals surface area contributed by atoms with Crippen LogP contribution in [0, 0.1) is 0 Å². The SMILES string of the molecule is COc1ccc(OCCc2nc(CC(=O)[O-])cs2)cc1. The molecular weight excluding hydrogens is 278 g/mol. The van der Waals surface area contributed by atoms with Crippen LogP contribution in [0.3, 0.4) is 0 Å². The van der Waals surface area contributed by atoms with E-state index in [1.54, 1.807) is 12.5 Å². The van der Waals surface area contributed by atoms with Crippen molar-refractivity contribution in [2.45, 2.75) is 12.8 Å². The van der Waals surface area contributed by atoms with E-state index >= 15 is 0 Å². The molecule has 2 rings (SSSR count). The van der Waals surface area contributed by atoms with Crippen LogP contribution in [0.5, 0.6) is 11.5 Å². The zero-order valence-electron chi connectivity index (χ0n) is 11.0. The lowest BCUT2D eigenvalue weighted by Crippen LogP contribution is -2.24. The first-order chi connectivity index (χ1) is 9.67. The molecule has 0 bridgehead atoms. The summed E-state index contributed by atoms with van der Waals surface area (Å²) in [5, 5.41) is 13.0. The number of rotatable bonds is 7. The van der Waals surface area contributed by atoms with E-state index < -0.39 is 5.97 Å². The van der Waals surface area contributed by atoms with E-state index in [4.69, 9.17) is 9.47 Å². The molecule has 106 valence electrons. The fourth-order valence-electron chi connectivity index (χ4n) is 1.62. The number of ether oxygens (including phenoxy) is 2. The first-order valence-corrected chi connectivity index (χ1v) is 6.95. The Labute approximate surface area is 120 Å². The molecule has 5 nitrogen and oxygen atoms in total. The molecule has 0 saturated carbocycles. The number of benzene rings is 1. The molecule has 2 aromatic rings. The predicted octanol–water partition coefficient (Wildman–Crippen LogP) is 1.07. The lowest BCUT2D eigenvalue weighted by atomic mass is 10.3. The van der Waals surface area contributed by atoms with Crippen molar-refractivity contribution in [3.05, 3.63) is 40.3 Å². The first-order valence-electron chi connectivity index (χ1n) is 6.07. The molecule has 0 unspecified atom stereocenters. The van der Waals surface area contributed by atoms with Crippen LogP contribution in [0.2, 0.25) is 0 Å². The van der Waals surface area contributed by atoms with Crippen molar-refractivity contribution in [1.29, 1.82) is 0 Å². The summed E-state index contributed by atoms with van der Waals surface area (Å²) < 4.78 is 10.6. The third-order valence-electron chi connectivity index (χ3n) is 2.57. The van der Waals surface area contributed by atoms with E-state index in [-0.39, 0.29) is 6.42 Å². The van der Waals surface area contributed by atoms with Gasteiger partial charge in [0.25, 0.3) is 0 Å². The minimum absolute atomic E-state index is 0.143. The van der Waals surface area contributed by atoms with Crippen LogP contribution in [0.1, 0.15) is 10.7 Å². The monoisotopic (exact) mass is 292 g/mol. The summed E-state index contributed by atoms with van der Waals surface area (Å²) in [5.41, 5.74) is 0.537. The van der Waals surface area contributed by atoms with Gasteiger partial charge in [-0.25, -0.2) is 4.98 Å². The number of hydrogen-bond acceptors (Lipinski definition) is 6. The third kappa shape index (κ3) is 4.24. The number of aromatic nitrogens is 1. The number of carboxylic acid groups (broad SMARTS) is 1. The van der Waals surface area contributed by atoms with E-state index in [2.05, 4.69) is 4.98 Å². The Morgan fingerprint density at radius 2 is 2.00 bits per heavy atom. The Balaban J connectivity index is 1.80. The van der Waals surface area contributed by atoms with Gasteiger partial charge < -0.3 is 19.4 Å². The molecule has 0 N–H and O–H groups in total. The Morgan fingerprint density at radius 1 is 1.30 bits per heavy atom. The average molecular weight is 292 g/mol. The van der Waals surface area contributed by atoms with Gasteiger partial charge in [-0.3, -0.25) is 0 Å². The van der Waals surface area contributed by atoms with Gasteiger partial charge in [0.2, 0.25) is 0 Å². The van der Waals surface area contributed by atoms with Gasteiger partial charge in [0.05, 0.1) is 24.4 Å². The Bertz CT molecular complexity index is 565. The molecule has 6 heteroatoms. The molecule has 1 heterocycles. The maximum atomic E-state index is 10.4. The van der Waals surface area contributed by atoms with Crippen molar-refractivity contribution in [2.75, 3.05) is 13.7 Å². The zero-order chi connectivity index (χ0) is 14.4. The number of hydrogen-bond donors (Lipinski definition) is 0. The van der Waals surface area contributed by atoms with E-state index in [0.29, 0.717) is 18.7 Å². The number of carbonyl (C=O) groups is 1. The molecule has 0 radical (unpaired) electrons. The van der Waals surface area contributed by atoms with Gasteiger partial charge >= 0.3 is 0 Å². The molecule has 0 spiro atoms. The van der Waals surface area contributed by atoms with Crippen LogP contribution in [-0.2, 0) is 17.6 Å². The summed E-state index contributed by atoms with van der Waals surface area (Å²) in [6.07, 6.45) is 0.500. The van der Waals surface area contributed by atoms with Gasteiger partial charge in [0, 0.05) is 24.2 Å². The minimum Gasteiger partial charge on any atom is -0.550 e. The van der Waals surface area contributed by atoms with Gasteiger partial charge in [0.1, 0.15) is 11.5 Å². The summed E-state index contributed by atoms with van der Waals surface area (Å²) >= 11 is 1.43. The van der Waals surface area contributed by atoms with Crippen molar-refractivity contribution in [3.8, 4) is 11.5 Å². The zero-order valence-corrected chi connectivity index (χ0v) is 11.8. The predicted molar refractivity (Wildman–Crippen MR) is 73.0 cm³/mol. The van der Waals surface area contributed by atoms with Gasteiger partial charge in [0.15, 0.2) is 0 Å². The number of carbonyl (C=O) groups excluding carboxylic acids is 1. The summed E-state index contributed by atoms with van der Waals surface area (Å²) in [6, 6.07) is 7.33. The Morgan fingerprint density at radius 3 is 2.65 bits per heavy atom. The number of methoxy groups -OCH3 is 1. The summed E-state index contributed by atoms with van der Waals surface area (Å²) in [5.74, 6) is 0.429. The number of aliphatic carboxylic acids is 1. The van der Waals surface area contributed by atoms with E-state index in [0.717, 1.165) is 16.5 Å². The highest BCUT2D eigenvalue weighted by Crippen LogP contribution is 2.17. The number of nitrogens with zero attached hydrogens (tertiary/aromatic N) is 1. The maximum absolute atomic E-state index is 10.4. The van der Waals surface area contributed by atoms with Crippen LogP contribution >= 0.6 is 11.3 Å². The molecule has 20 heavy (non-hydrogen) atoms. The largest absolute Gasteiger partial charge is 0.550 e. The molecule has 0 fully saturated rings. The second kappa shape index (κ2) is 6.91. The molecule has 0 atom stereocenters. The highest BCUT2D eigenvalue weighted by Gasteiger charge is 2.03. The second-order valence-corrected chi connectivity index (χ2v) is 5.00. The summed E-state index contributed by atoms with van der Waals surface area (Å²) in [7, 11) is 1.61. The van der Waals surface area contributed by atoms with Gasteiger partial charge in [-0.15, -0.1) is 11.3 Å². The fourth-order valence-corrected chi connectivity index (χ4v) is 2.40. The van der Waals surface area contributed by atoms with Crippen LogP contribution in [0.25, 0.3) is 0 Å². The van der Waals surface area contributed by atoms with Crippen LogP contribution in [-0.4, -0.2) is 24.7 Å². The minimum atomic E-state index is -1.11. The summed E-state index contributed by atoms with van der Waals surface area (Å²) in [6.45, 7) is 0.491. The molecule has 0 aliphatic rings. The van der Waals surface area contributed by atoms with Crippen molar-refractivity contribution in [2.24, 2.45) is 0 Å². The van der Waals surface area contributed by atoms with Crippen molar-refractivity contribution in [3.63, 3.8) is 0 Å². The Hall–Kier alpha value is -2.08. The maximum Gasteiger partial charge on any atom is 0.119 e. The van der Waals surface area contributed by atoms with Crippen LogP contribution < -0.4 is 14.6 Å². The van der Waals surface area contributed by atoms with Crippen molar-refractivity contribution < 1.29 is 19.4 Å². The topological polar surface area (TPSA) is 71.5 Å². The highest BCUT2D eigenvalue weighted by atomic mass is 32.1. The third-order valence-corrected chi connectivity index (χ3v) is 3.53. The van der Waals surface area contributed by atoms with Crippen molar-refractivity contribution >= 4 is 17.3 Å². The highest BCUT2D eigenvalue weighted by molar-refractivity contribution is 7.09. The van der Waals surface area contributed by atoms with Crippen LogP contribution in [0.15, 0.2) is 29.6 Å². The van der Waals surface area contributed by atoms with E-state index in [1.165, 1.54) is 11.3 Å². The van der Waals surface area contributed by atoms with Gasteiger partial charge in [-0.2, -0.15) is 0 Å². The van der Waals surface area contributed by atoms with Crippen LogP contribution in [0.4, 0.5) is 0 Å². The molecular formula is C14H14NO4S-. The Kier molecular flexibility index (Phi) is 4.95. The lowest BCUT2D eigenvalue weighted by molar-refractivity contribution is -0.304. The fraction of sp³-hybridized carbons (Fsp3) is 0.286. The van der Waals surface area contributed by atoms with Crippen molar-refractivity contribution in [1.82, 2.24) is 4.98 Å². The first kappa shape index (κ1) is 14.3. The number of thiazole rings is 1. The molecule has 0 amide bonds. The lowest BCUT2D eigenvalue weighted by Gasteiger charge is -2.05. The van der Waals surface area contributed by atoms with E-state index in [1.807, 2.05) is 24.3 Å². The molecule has 1 aromatic heterocycles. The molecule has 0 aliphatic heterocycles. The molecule has 1 aromatic carbocycles. The number of carboxylic acids is 1. The standard InChI is InChI=1S/C14H15NO4S/c1-18-11-2-4-12(5-3-11)19-7-6-13-15-10(9-20-13)8-14(16)17/h2-5,9H,6-8H2,1H3,(H,16,17)/p-1. The van der Waals surface area contributed by atoms with Gasteiger partial charge in [-0.1, -0.05) is 0 Å². The van der Waals surface area contributed by atoms with Gasteiger partial charge in [-0.05, 0) is 24.3 Å². The second-order valence-electron chi connectivity index (χ2n) is 4.06. The normalized spacial score (nSPS) is 10.2. The summed E-state index contributed by atoms with van der Waals surface area (Å²) in [4.78, 5) is 14.7. The molecule has 0 saturated heterocycles.